The van der Waals surface area contributed by atoms with Crippen LogP contribution in [0.25, 0.3) is 10.6 Å². The summed E-state index contributed by atoms with van der Waals surface area (Å²) in [7, 11) is -2.91. The lowest BCUT2D eigenvalue weighted by Gasteiger charge is -2.43. The Morgan fingerprint density at radius 2 is 1.32 bits per heavy atom. The molecular formula is C33H40BNO3SSi. The van der Waals surface area contributed by atoms with Gasteiger partial charge in [-0.05, 0) is 55.1 Å². The first kappa shape index (κ1) is 29.0. The molecule has 1 aromatic heterocycles. The van der Waals surface area contributed by atoms with E-state index in [4.69, 9.17) is 13.7 Å². The average molecular weight is 570 g/mol. The van der Waals surface area contributed by atoms with Crippen molar-refractivity contribution in [2.75, 3.05) is 6.61 Å². The summed E-state index contributed by atoms with van der Waals surface area (Å²) in [6.07, 6.45) is 2.73. The molecule has 1 aliphatic rings. The van der Waals surface area contributed by atoms with Crippen LogP contribution in [0.2, 0.25) is 5.04 Å². The highest BCUT2D eigenvalue weighted by Crippen LogP contribution is 2.38. The van der Waals surface area contributed by atoms with Crippen molar-refractivity contribution in [3.63, 3.8) is 0 Å². The molecule has 3 aromatic carbocycles. The molecule has 0 amide bonds. The van der Waals surface area contributed by atoms with Gasteiger partial charge in [-0.1, -0.05) is 106 Å². The third-order valence-electron chi connectivity index (χ3n) is 8.34. The number of thiazole rings is 1. The second-order valence-corrected chi connectivity index (χ2v) is 18.0. The van der Waals surface area contributed by atoms with Gasteiger partial charge in [-0.15, -0.1) is 11.3 Å². The molecule has 208 valence electrons. The van der Waals surface area contributed by atoms with E-state index in [0.717, 1.165) is 21.8 Å². The summed E-state index contributed by atoms with van der Waals surface area (Å²) in [5, 5.41) is 3.57. The fourth-order valence-electron chi connectivity index (χ4n) is 5.39. The zero-order valence-electron chi connectivity index (χ0n) is 24.7. The molecule has 40 heavy (non-hydrogen) atoms. The lowest BCUT2D eigenvalue weighted by molar-refractivity contribution is 0.00578. The minimum Gasteiger partial charge on any atom is -0.407 e. The average Bonchev–Trinajstić information content (AvgIpc) is 3.49. The Kier molecular flexibility index (Phi) is 7.99. The molecule has 1 fully saturated rings. The molecule has 7 heteroatoms. The second kappa shape index (κ2) is 11.0. The molecule has 0 atom stereocenters. The Hall–Kier alpha value is -2.55. The zero-order chi connectivity index (χ0) is 28.6. The van der Waals surface area contributed by atoms with Crippen molar-refractivity contribution in [3.8, 4) is 10.6 Å². The maximum atomic E-state index is 7.08. The molecule has 0 bridgehead atoms. The molecule has 0 unspecified atom stereocenters. The van der Waals surface area contributed by atoms with Crippen LogP contribution in [0.15, 0.2) is 91.1 Å². The molecular weight excluding hydrogens is 529 g/mol. The van der Waals surface area contributed by atoms with Gasteiger partial charge < -0.3 is 13.7 Å². The van der Waals surface area contributed by atoms with Crippen molar-refractivity contribution in [2.45, 2.75) is 71.1 Å². The number of benzene rings is 3. The monoisotopic (exact) mass is 569 g/mol. The van der Waals surface area contributed by atoms with Crippen molar-refractivity contribution in [3.05, 3.63) is 96.7 Å². The summed E-state index contributed by atoms with van der Waals surface area (Å²) in [5.74, 6) is 0. The van der Waals surface area contributed by atoms with E-state index < -0.39 is 8.32 Å². The predicted octanol–water partition coefficient (Wildman–Crippen LogP) is 6.23. The van der Waals surface area contributed by atoms with Crippen LogP contribution in [0.3, 0.4) is 0 Å². The van der Waals surface area contributed by atoms with Gasteiger partial charge in [0, 0.05) is 18.4 Å². The largest absolute Gasteiger partial charge is 0.507 e. The van der Waals surface area contributed by atoms with Gasteiger partial charge in [-0.3, -0.25) is 0 Å². The smallest absolute Gasteiger partial charge is 0.407 e. The Morgan fingerprint density at radius 3 is 1.82 bits per heavy atom. The maximum Gasteiger partial charge on any atom is 0.507 e. The fourth-order valence-corrected chi connectivity index (χ4v) is 10.8. The van der Waals surface area contributed by atoms with E-state index in [2.05, 4.69) is 138 Å². The van der Waals surface area contributed by atoms with Crippen molar-refractivity contribution < 1.29 is 13.7 Å². The summed E-state index contributed by atoms with van der Waals surface area (Å²) in [6, 6.07) is 30.4. The zero-order valence-corrected chi connectivity index (χ0v) is 26.5. The molecule has 4 nitrogen and oxygen atoms in total. The van der Waals surface area contributed by atoms with E-state index in [9.17, 15) is 0 Å². The van der Waals surface area contributed by atoms with Crippen LogP contribution in [0.5, 0.6) is 0 Å². The number of rotatable bonds is 8. The first-order valence-corrected chi connectivity index (χ1v) is 16.8. The number of aromatic nitrogens is 1. The van der Waals surface area contributed by atoms with Gasteiger partial charge >= 0.3 is 7.12 Å². The van der Waals surface area contributed by atoms with Crippen molar-refractivity contribution >= 4 is 41.9 Å². The van der Waals surface area contributed by atoms with E-state index in [1.54, 1.807) is 11.3 Å². The van der Waals surface area contributed by atoms with E-state index in [-0.39, 0.29) is 23.4 Å². The summed E-state index contributed by atoms with van der Waals surface area (Å²) in [4.78, 5) is 4.68. The highest BCUT2D eigenvalue weighted by atomic mass is 32.1. The maximum absolute atomic E-state index is 7.08. The molecule has 4 aromatic rings. The molecule has 0 radical (unpaired) electrons. The Balaban J connectivity index is 1.31. The molecule has 0 N–H and O–H groups in total. The number of hydrogen-bond donors (Lipinski definition) is 0. The molecule has 0 spiro atoms. The van der Waals surface area contributed by atoms with E-state index >= 15 is 0 Å². The highest BCUT2D eigenvalue weighted by Gasteiger charge is 2.52. The Labute approximate surface area is 245 Å². The van der Waals surface area contributed by atoms with Gasteiger partial charge in [0.15, 0.2) is 0 Å². The van der Waals surface area contributed by atoms with E-state index in [0.29, 0.717) is 6.61 Å². The molecule has 1 aliphatic heterocycles. The van der Waals surface area contributed by atoms with Gasteiger partial charge in [0.05, 0.1) is 16.0 Å². The third kappa shape index (κ3) is 5.50. The van der Waals surface area contributed by atoms with E-state index in [1.165, 1.54) is 15.9 Å². The van der Waals surface area contributed by atoms with Crippen LogP contribution >= 0.6 is 11.3 Å². The Morgan fingerprint density at radius 1 is 0.800 bits per heavy atom. The lowest BCUT2D eigenvalue weighted by atomic mass is 9.89. The fraction of sp³-hybridized carbons (Fsp3) is 0.364. The van der Waals surface area contributed by atoms with Crippen molar-refractivity contribution in [1.82, 2.24) is 4.98 Å². The molecule has 5 rings (SSSR count). The first-order chi connectivity index (χ1) is 18.9. The van der Waals surface area contributed by atoms with E-state index in [1.807, 2.05) is 6.20 Å². The molecule has 2 heterocycles. The van der Waals surface area contributed by atoms with Gasteiger partial charge in [-0.25, -0.2) is 4.98 Å². The molecule has 0 aliphatic carbocycles. The van der Waals surface area contributed by atoms with Crippen LogP contribution < -0.4 is 15.1 Å². The van der Waals surface area contributed by atoms with Crippen LogP contribution in [0.4, 0.5) is 0 Å². The van der Waals surface area contributed by atoms with Crippen molar-refractivity contribution in [1.29, 1.82) is 0 Å². The normalized spacial score (nSPS) is 16.8. The second-order valence-electron chi connectivity index (χ2n) is 12.6. The predicted molar refractivity (Wildman–Crippen MR) is 171 cm³/mol. The highest BCUT2D eigenvalue weighted by molar-refractivity contribution is 7.24. The van der Waals surface area contributed by atoms with Gasteiger partial charge in [0.2, 0.25) is 0 Å². The summed E-state index contributed by atoms with van der Waals surface area (Å²) >= 11 is 1.63. The number of hydrogen-bond acceptors (Lipinski definition) is 5. The Bertz CT molecular complexity index is 1360. The van der Waals surface area contributed by atoms with Gasteiger partial charge in [0.25, 0.3) is 8.32 Å². The quantitative estimate of drug-likeness (QED) is 0.236. The minimum atomic E-state index is -2.53. The summed E-state index contributed by atoms with van der Waals surface area (Å²) in [6.45, 7) is 15.9. The van der Waals surface area contributed by atoms with Crippen LogP contribution in [-0.2, 0) is 20.2 Å². The minimum absolute atomic E-state index is 0.0285. The third-order valence-corrected chi connectivity index (χ3v) is 14.4. The van der Waals surface area contributed by atoms with Crippen LogP contribution in [0, 0.1) is 0 Å². The first-order valence-electron chi connectivity index (χ1n) is 14.1. The summed E-state index contributed by atoms with van der Waals surface area (Å²) < 4.78 is 20.5. The lowest BCUT2D eigenvalue weighted by Crippen LogP contribution is -2.66. The van der Waals surface area contributed by atoms with Crippen LogP contribution in [0.1, 0.15) is 54.0 Å². The van der Waals surface area contributed by atoms with Gasteiger partial charge in [0.1, 0.15) is 5.01 Å². The van der Waals surface area contributed by atoms with Gasteiger partial charge in [-0.2, -0.15) is 0 Å². The standard InChI is InChI=1S/C33H40BNO3SSi/c1-31(2,3)40(27-14-10-8-11-15-27,28-16-12-9-13-17-28)36-23-22-25-18-20-26(21-19-25)30-35-24-29(39-30)34-37-32(4,5)33(6,7)38-34/h8-21,24H,22-23H2,1-7H3. The molecule has 0 saturated carbocycles. The number of nitrogens with zero attached hydrogens (tertiary/aromatic N) is 1. The van der Waals surface area contributed by atoms with Crippen molar-refractivity contribution in [2.24, 2.45) is 0 Å². The topological polar surface area (TPSA) is 40.6 Å². The van der Waals surface area contributed by atoms with Crippen LogP contribution in [-0.4, -0.2) is 38.2 Å². The molecule has 1 saturated heterocycles. The summed E-state index contributed by atoms with van der Waals surface area (Å²) in [5.41, 5.74) is 1.63. The SMILES string of the molecule is CC1(C)OB(c2cnc(-c3ccc(CCO[Si](c4ccccc4)(c4ccccc4)C(C)(C)C)cc3)s2)OC1(C)C.